The zero-order chi connectivity index (χ0) is 16.8. The largest absolute Gasteiger partial charge is 0.322 e. The van der Waals surface area contributed by atoms with Crippen molar-refractivity contribution in [3.63, 3.8) is 0 Å². The second kappa shape index (κ2) is 8.36. The van der Waals surface area contributed by atoms with Crippen LogP contribution in [0.2, 0.25) is 0 Å². The Morgan fingerprint density at radius 1 is 1.17 bits per heavy atom. The van der Waals surface area contributed by atoms with Crippen LogP contribution in [-0.2, 0) is 0 Å². The zero-order valence-corrected chi connectivity index (χ0v) is 14.9. The summed E-state index contributed by atoms with van der Waals surface area (Å²) in [4.78, 5) is 13.5. The van der Waals surface area contributed by atoms with Crippen LogP contribution < -0.4 is 10.6 Å². The monoisotopic (exact) mass is 340 g/mol. The lowest BCUT2D eigenvalue weighted by molar-refractivity contribution is 0.102. The molecule has 1 amide bonds. The van der Waals surface area contributed by atoms with Crippen LogP contribution >= 0.6 is 11.8 Å². The molecule has 2 N–H and O–H groups in total. The maximum Gasteiger partial charge on any atom is 0.255 e. The Balaban J connectivity index is 1.61. The number of hydrogen-bond acceptors (Lipinski definition) is 3. The average Bonchev–Trinajstić information content (AvgIpc) is 2.64. The van der Waals surface area contributed by atoms with Gasteiger partial charge in [0.25, 0.3) is 5.91 Å². The predicted molar refractivity (Wildman–Crippen MR) is 102 cm³/mol. The molecule has 3 rings (SSSR count). The van der Waals surface area contributed by atoms with Gasteiger partial charge in [0.15, 0.2) is 0 Å². The van der Waals surface area contributed by atoms with Gasteiger partial charge in [0, 0.05) is 22.7 Å². The summed E-state index contributed by atoms with van der Waals surface area (Å²) in [5.41, 5.74) is 2.89. The first-order valence-corrected chi connectivity index (χ1v) is 9.59. The molecule has 3 nitrogen and oxygen atoms in total. The van der Waals surface area contributed by atoms with E-state index in [1.807, 2.05) is 36.4 Å². The van der Waals surface area contributed by atoms with E-state index < -0.39 is 0 Å². The Kier molecular flexibility index (Phi) is 5.94. The summed E-state index contributed by atoms with van der Waals surface area (Å²) in [6.45, 7) is 4.30. The molecule has 2 aromatic carbocycles. The smallest absolute Gasteiger partial charge is 0.255 e. The Bertz CT molecular complexity index is 661. The molecule has 0 aromatic heterocycles. The average molecular weight is 340 g/mol. The van der Waals surface area contributed by atoms with Gasteiger partial charge in [0.05, 0.1) is 0 Å². The van der Waals surface area contributed by atoms with E-state index >= 15 is 0 Å². The van der Waals surface area contributed by atoms with Crippen LogP contribution in [0.3, 0.4) is 0 Å². The molecule has 1 heterocycles. The van der Waals surface area contributed by atoms with Crippen LogP contribution in [0.25, 0.3) is 0 Å². The second-order valence-electron chi connectivity index (χ2n) is 6.08. The summed E-state index contributed by atoms with van der Waals surface area (Å²) in [5, 5.41) is 6.42. The van der Waals surface area contributed by atoms with E-state index in [0.29, 0.717) is 11.5 Å². The third-order valence-electron chi connectivity index (χ3n) is 4.36. The SMILES string of the molecule is CCSc1ccc(C(=O)Nc2ccc([C@@H]3CCCNC3)cc2)cc1. The van der Waals surface area contributed by atoms with Gasteiger partial charge >= 0.3 is 0 Å². The molecule has 1 fully saturated rings. The van der Waals surface area contributed by atoms with Crippen LogP contribution in [0.4, 0.5) is 5.69 Å². The van der Waals surface area contributed by atoms with Crippen molar-refractivity contribution in [2.75, 3.05) is 24.2 Å². The summed E-state index contributed by atoms with van der Waals surface area (Å²) >= 11 is 1.78. The van der Waals surface area contributed by atoms with Gasteiger partial charge in [0.1, 0.15) is 0 Å². The molecular formula is C20H24N2OS. The molecule has 24 heavy (non-hydrogen) atoms. The zero-order valence-electron chi connectivity index (χ0n) is 14.0. The highest BCUT2D eigenvalue weighted by atomic mass is 32.2. The fourth-order valence-corrected chi connectivity index (χ4v) is 3.71. The number of carbonyl (C=O) groups is 1. The third kappa shape index (κ3) is 4.40. The highest BCUT2D eigenvalue weighted by Crippen LogP contribution is 2.24. The highest BCUT2D eigenvalue weighted by Gasteiger charge is 2.15. The topological polar surface area (TPSA) is 41.1 Å². The van der Waals surface area contributed by atoms with Crippen molar-refractivity contribution < 1.29 is 4.79 Å². The van der Waals surface area contributed by atoms with Crippen molar-refractivity contribution in [1.82, 2.24) is 5.32 Å². The first-order valence-electron chi connectivity index (χ1n) is 8.61. The van der Waals surface area contributed by atoms with E-state index in [0.717, 1.165) is 24.5 Å². The Morgan fingerprint density at radius 3 is 2.54 bits per heavy atom. The van der Waals surface area contributed by atoms with Crippen LogP contribution in [0.5, 0.6) is 0 Å². The van der Waals surface area contributed by atoms with Crippen molar-refractivity contribution in [1.29, 1.82) is 0 Å². The molecule has 4 heteroatoms. The summed E-state index contributed by atoms with van der Waals surface area (Å²) < 4.78 is 0. The molecular weight excluding hydrogens is 316 g/mol. The summed E-state index contributed by atoms with van der Waals surface area (Å²) in [6.07, 6.45) is 2.47. The number of rotatable bonds is 5. The van der Waals surface area contributed by atoms with Gasteiger partial charge in [-0.05, 0) is 73.0 Å². The lowest BCUT2D eigenvalue weighted by Crippen LogP contribution is -2.28. The summed E-state index contributed by atoms with van der Waals surface area (Å²) in [7, 11) is 0. The van der Waals surface area contributed by atoms with E-state index in [2.05, 4.69) is 29.7 Å². The van der Waals surface area contributed by atoms with Gasteiger partial charge in [0.2, 0.25) is 0 Å². The molecule has 0 aliphatic carbocycles. The van der Waals surface area contributed by atoms with Crippen molar-refractivity contribution in [2.45, 2.75) is 30.6 Å². The fraction of sp³-hybridized carbons (Fsp3) is 0.350. The minimum atomic E-state index is -0.0601. The van der Waals surface area contributed by atoms with E-state index in [1.54, 1.807) is 11.8 Å². The van der Waals surface area contributed by atoms with E-state index in [9.17, 15) is 4.79 Å². The Hall–Kier alpha value is -1.78. The molecule has 1 aliphatic heterocycles. The van der Waals surface area contributed by atoms with E-state index in [4.69, 9.17) is 0 Å². The van der Waals surface area contributed by atoms with Crippen molar-refractivity contribution in [2.24, 2.45) is 0 Å². The lowest BCUT2D eigenvalue weighted by Gasteiger charge is -2.23. The fourth-order valence-electron chi connectivity index (χ4n) is 3.05. The maximum atomic E-state index is 12.3. The molecule has 1 aliphatic rings. The number of carbonyl (C=O) groups excluding carboxylic acids is 1. The molecule has 126 valence electrons. The van der Waals surface area contributed by atoms with Crippen LogP contribution in [0.1, 0.15) is 41.6 Å². The molecule has 1 atom stereocenters. The third-order valence-corrected chi connectivity index (χ3v) is 5.26. The highest BCUT2D eigenvalue weighted by molar-refractivity contribution is 7.99. The molecule has 0 spiro atoms. The minimum absolute atomic E-state index is 0.0601. The van der Waals surface area contributed by atoms with Gasteiger partial charge in [-0.2, -0.15) is 0 Å². The summed E-state index contributed by atoms with van der Waals surface area (Å²) in [5.74, 6) is 1.57. The number of amides is 1. The van der Waals surface area contributed by atoms with Gasteiger partial charge in [-0.3, -0.25) is 4.79 Å². The van der Waals surface area contributed by atoms with Crippen LogP contribution in [0.15, 0.2) is 53.4 Å². The standard InChI is InChI=1S/C20H24N2OS/c1-2-24-19-11-7-16(8-12-19)20(23)22-18-9-5-15(6-10-18)17-4-3-13-21-14-17/h5-12,17,21H,2-4,13-14H2,1H3,(H,22,23)/t17-/m1/s1. The molecule has 0 saturated carbocycles. The van der Waals surface area contributed by atoms with Crippen molar-refractivity contribution >= 4 is 23.4 Å². The van der Waals surface area contributed by atoms with E-state index in [1.165, 1.54) is 23.3 Å². The quantitative estimate of drug-likeness (QED) is 0.787. The van der Waals surface area contributed by atoms with Crippen LogP contribution in [0, 0.1) is 0 Å². The maximum absolute atomic E-state index is 12.3. The number of hydrogen-bond donors (Lipinski definition) is 2. The Morgan fingerprint density at radius 2 is 1.92 bits per heavy atom. The summed E-state index contributed by atoms with van der Waals surface area (Å²) in [6, 6.07) is 16.0. The van der Waals surface area contributed by atoms with Gasteiger partial charge in [-0.25, -0.2) is 0 Å². The van der Waals surface area contributed by atoms with Gasteiger partial charge < -0.3 is 10.6 Å². The first kappa shape index (κ1) is 17.1. The van der Waals surface area contributed by atoms with Crippen LogP contribution in [-0.4, -0.2) is 24.7 Å². The number of nitrogens with one attached hydrogen (secondary N) is 2. The second-order valence-corrected chi connectivity index (χ2v) is 7.41. The van der Waals surface area contributed by atoms with E-state index in [-0.39, 0.29) is 5.91 Å². The molecule has 0 bridgehead atoms. The predicted octanol–water partition coefficient (Wildman–Crippen LogP) is 4.52. The Labute approximate surface area is 148 Å². The lowest BCUT2D eigenvalue weighted by atomic mass is 9.91. The number of benzene rings is 2. The normalized spacial score (nSPS) is 17.5. The number of anilines is 1. The molecule has 1 saturated heterocycles. The first-order chi connectivity index (χ1) is 11.8. The molecule has 0 unspecified atom stereocenters. The number of piperidine rings is 1. The number of thioether (sulfide) groups is 1. The van der Waals surface area contributed by atoms with Gasteiger partial charge in [-0.15, -0.1) is 11.8 Å². The molecule has 2 aromatic rings. The van der Waals surface area contributed by atoms with Crippen molar-refractivity contribution in [3.05, 3.63) is 59.7 Å². The van der Waals surface area contributed by atoms with Crippen molar-refractivity contribution in [3.8, 4) is 0 Å². The minimum Gasteiger partial charge on any atom is -0.322 e. The van der Waals surface area contributed by atoms with Gasteiger partial charge in [-0.1, -0.05) is 19.1 Å². The molecule has 0 radical (unpaired) electrons.